The Morgan fingerprint density at radius 1 is 1.15 bits per heavy atom. The smallest absolute Gasteiger partial charge is 0.330 e. The van der Waals surface area contributed by atoms with Gasteiger partial charge in [-0.3, -0.25) is 14.4 Å². The summed E-state index contributed by atoms with van der Waals surface area (Å²) in [6.45, 7) is 0. The van der Waals surface area contributed by atoms with Crippen LogP contribution in [0.25, 0.3) is 0 Å². The van der Waals surface area contributed by atoms with Gasteiger partial charge in [-0.05, 0) is 19.9 Å². The summed E-state index contributed by atoms with van der Waals surface area (Å²) in [5.74, 6) is -4.12. The number of rotatable bonds is 9. The molecule has 9 heteroatoms. The van der Waals surface area contributed by atoms with Crippen LogP contribution in [0.3, 0.4) is 0 Å². The fourth-order valence-corrected chi connectivity index (χ4v) is 1.28. The Labute approximate surface area is 115 Å². The van der Waals surface area contributed by atoms with Gasteiger partial charge in [0, 0.05) is 12.8 Å². The number of aliphatic carboxylic acids is 2. The van der Waals surface area contributed by atoms with Crippen LogP contribution < -0.4 is 11.1 Å². The van der Waals surface area contributed by atoms with Crippen LogP contribution in [0, 0.1) is 0 Å². The third kappa shape index (κ3) is 7.44. The summed E-state index contributed by atoms with van der Waals surface area (Å²) in [6.07, 6.45) is -0.735. The first-order chi connectivity index (χ1) is 9.27. The van der Waals surface area contributed by atoms with Crippen LogP contribution in [-0.2, 0) is 23.9 Å². The zero-order valence-corrected chi connectivity index (χ0v) is 11.0. The molecule has 0 aromatic heterocycles. The molecule has 0 spiro atoms. The van der Waals surface area contributed by atoms with E-state index in [1.807, 2.05) is 0 Å². The Hall–Kier alpha value is -2.00. The predicted octanol–water partition coefficient (Wildman–Crippen LogP) is -1.30. The van der Waals surface area contributed by atoms with Crippen LogP contribution in [0.4, 0.5) is 0 Å². The summed E-state index contributed by atoms with van der Waals surface area (Å²) in [5.41, 5.74) is 5.19. The second-order valence-corrected chi connectivity index (χ2v) is 4.05. The summed E-state index contributed by atoms with van der Waals surface area (Å²) in [6, 6.07) is -2.12. The van der Waals surface area contributed by atoms with Crippen molar-refractivity contribution in [3.05, 3.63) is 0 Å². The lowest BCUT2D eigenvalue weighted by molar-refractivity contribution is -0.161. The van der Waals surface area contributed by atoms with Gasteiger partial charge < -0.3 is 26.0 Å². The third-order valence-electron chi connectivity index (χ3n) is 2.47. The molecule has 0 aromatic rings. The highest BCUT2D eigenvalue weighted by atomic mass is 16.6. The van der Waals surface area contributed by atoms with Crippen LogP contribution in [0.5, 0.6) is 0 Å². The molecule has 0 bridgehead atoms. The van der Waals surface area contributed by atoms with Crippen LogP contribution >= 0.6 is 0 Å². The number of carboxylic acids is 2. The highest BCUT2D eigenvalue weighted by Gasteiger charge is 2.22. The first-order valence-electron chi connectivity index (χ1n) is 5.89. The lowest BCUT2D eigenvalue weighted by atomic mass is 10.1. The predicted molar refractivity (Wildman–Crippen MR) is 65.7 cm³/mol. The van der Waals surface area contributed by atoms with Crippen molar-refractivity contribution in [1.82, 2.24) is 5.32 Å². The molecule has 9 nitrogen and oxygen atoms in total. The number of carbonyl (C=O) groups excluding carboxylic acids is 2. The molecule has 0 rings (SSSR count). The molecule has 0 aliphatic rings. The largest absolute Gasteiger partial charge is 0.481 e. The molecule has 0 amide bonds. The van der Waals surface area contributed by atoms with Gasteiger partial charge in [-0.1, -0.05) is 0 Å². The van der Waals surface area contributed by atoms with E-state index < -0.39 is 36.0 Å². The van der Waals surface area contributed by atoms with E-state index in [1.54, 1.807) is 0 Å². The second kappa shape index (κ2) is 8.99. The van der Waals surface area contributed by atoms with E-state index in [2.05, 4.69) is 10.1 Å². The van der Waals surface area contributed by atoms with E-state index in [1.165, 1.54) is 7.05 Å². The normalized spacial score (nSPS) is 13.3. The fraction of sp³-hybridized carbons (Fsp3) is 0.636. The zero-order valence-electron chi connectivity index (χ0n) is 11.0. The lowest BCUT2D eigenvalue weighted by Crippen LogP contribution is -2.37. The summed E-state index contributed by atoms with van der Waals surface area (Å²) >= 11 is 0. The van der Waals surface area contributed by atoms with Gasteiger partial charge in [0.2, 0.25) is 0 Å². The molecule has 20 heavy (non-hydrogen) atoms. The maximum atomic E-state index is 11.5. The first kappa shape index (κ1) is 18.0. The first-order valence-corrected chi connectivity index (χ1v) is 5.89. The minimum Gasteiger partial charge on any atom is -0.481 e. The zero-order chi connectivity index (χ0) is 15.7. The van der Waals surface area contributed by atoms with E-state index in [-0.39, 0.29) is 25.7 Å². The van der Waals surface area contributed by atoms with E-state index >= 15 is 0 Å². The number of ether oxygens (including phenoxy) is 1. The van der Waals surface area contributed by atoms with Crippen LogP contribution in [0.1, 0.15) is 25.7 Å². The maximum absolute atomic E-state index is 11.5. The molecule has 0 saturated carbocycles. The van der Waals surface area contributed by atoms with E-state index in [0.29, 0.717) is 0 Å². The molecule has 0 aromatic carbocycles. The summed E-state index contributed by atoms with van der Waals surface area (Å²) in [7, 11) is 1.43. The highest BCUT2D eigenvalue weighted by molar-refractivity contribution is 5.89. The number of esters is 2. The van der Waals surface area contributed by atoms with Gasteiger partial charge in [0.25, 0.3) is 0 Å². The van der Waals surface area contributed by atoms with Crippen molar-refractivity contribution in [2.75, 3.05) is 7.05 Å². The monoisotopic (exact) mass is 290 g/mol. The van der Waals surface area contributed by atoms with Crippen molar-refractivity contribution in [2.45, 2.75) is 37.8 Å². The Kier molecular flexibility index (Phi) is 8.09. The lowest BCUT2D eigenvalue weighted by Gasteiger charge is -2.13. The number of nitrogens with two attached hydrogens (primary N) is 1. The standard InChI is InChI=1S/C11H18N2O7/c1-13-7(3-4-8(14)15)11(19)20-9(16)5-2-6(12)10(17)18/h6-7,13H,2-5,12H2,1H3,(H,14,15)(H,17,18)/t6-,7-/m0/s1. The van der Waals surface area contributed by atoms with Crippen molar-refractivity contribution < 1.29 is 34.1 Å². The number of hydrogen-bond donors (Lipinski definition) is 4. The van der Waals surface area contributed by atoms with E-state index in [0.717, 1.165) is 0 Å². The number of nitrogens with one attached hydrogen (secondary N) is 1. The summed E-state index contributed by atoms with van der Waals surface area (Å²) < 4.78 is 4.48. The Balaban J connectivity index is 4.18. The molecule has 0 heterocycles. The Bertz CT molecular complexity index is 383. The van der Waals surface area contributed by atoms with Gasteiger partial charge in [0.15, 0.2) is 0 Å². The minimum atomic E-state index is -1.25. The van der Waals surface area contributed by atoms with E-state index in [4.69, 9.17) is 15.9 Å². The molecule has 0 aliphatic carbocycles. The minimum absolute atomic E-state index is 0.0212. The van der Waals surface area contributed by atoms with Gasteiger partial charge in [-0.15, -0.1) is 0 Å². The summed E-state index contributed by atoms with van der Waals surface area (Å²) in [5, 5.41) is 19.6. The topological polar surface area (TPSA) is 156 Å². The van der Waals surface area contributed by atoms with Gasteiger partial charge >= 0.3 is 23.9 Å². The maximum Gasteiger partial charge on any atom is 0.330 e. The molecule has 0 aliphatic heterocycles. The SMILES string of the molecule is CN[C@@H](CCC(=O)O)C(=O)OC(=O)CC[C@H](N)C(=O)O. The van der Waals surface area contributed by atoms with Crippen molar-refractivity contribution in [3.8, 4) is 0 Å². The van der Waals surface area contributed by atoms with Gasteiger partial charge in [-0.2, -0.15) is 0 Å². The molecule has 0 fully saturated rings. The molecule has 0 unspecified atom stereocenters. The Morgan fingerprint density at radius 3 is 2.20 bits per heavy atom. The van der Waals surface area contributed by atoms with Gasteiger partial charge in [0.05, 0.1) is 0 Å². The molecule has 0 saturated heterocycles. The van der Waals surface area contributed by atoms with E-state index in [9.17, 15) is 19.2 Å². The second-order valence-electron chi connectivity index (χ2n) is 4.05. The molecular weight excluding hydrogens is 272 g/mol. The average molecular weight is 290 g/mol. The molecule has 114 valence electrons. The molecular formula is C11H18N2O7. The van der Waals surface area contributed by atoms with Crippen molar-refractivity contribution in [1.29, 1.82) is 0 Å². The number of hydrogen-bond acceptors (Lipinski definition) is 7. The third-order valence-corrected chi connectivity index (χ3v) is 2.47. The van der Waals surface area contributed by atoms with Crippen molar-refractivity contribution in [2.24, 2.45) is 5.73 Å². The molecule has 0 radical (unpaired) electrons. The van der Waals surface area contributed by atoms with Crippen LogP contribution in [0.2, 0.25) is 0 Å². The number of carboxylic acid groups (broad SMARTS) is 2. The average Bonchev–Trinajstić information content (AvgIpc) is 2.35. The number of carbonyl (C=O) groups is 4. The van der Waals surface area contributed by atoms with Gasteiger partial charge in [0.1, 0.15) is 12.1 Å². The molecule has 5 N–H and O–H groups in total. The van der Waals surface area contributed by atoms with Crippen LogP contribution in [0.15, 0.2) is 0 Å². The molecule has 2 atom stereocenters. The number of likely N-dealkylation sites (N-methyl/N-ethyl adjacent to an activating group) is 1. The van der Waals surface area contributed by atoms with Crippen LogP contribution in [-0.4, -0.2) is 53.2 Å². The summed E-state index contributed by atoms with van der Waals surface area (Å²) in [4.78, 5) is 43.7. The van der Waals surface area contributed by atoms with Crippen molar-refractivity contribution in [3.63, 3.8) is 0 Å². The fourth-order valence-electron chi connectivity index (χ4n) is 1.28. The Morgan fingerprint density at radius 2 is 1.75 bits per heavy atom. The van der Waals surface area contributed by atoms with Gasteiger partial charge in [-0.25, -0.2) is 4.79 Å². The van der Waals surface area contributed by atoms with Crippen molar-refractivity contribution >= 4 is 23.9 Å². The highest BCUT2D eigenvalue weighted by Crippen LogP contribution is 2.03. The quantitative estimate of drug-likeness (QED) is 0.299.